The maximum Gasteiger partial charge on any atom is 0.408 e. The lowest BCUT2D eigenvalue weighted by Gasteiger charge is -2.50. The number of amides is 2. The zero-order valence-electron chi connectivity index (χ0n) is 15.6. The second-order valence-corrected chi connectivity index (χ2v) is 8.50. The van der Waals surface area contributed by atoms with Gasteiger partial charge in [-0.25, -0.2) is 13.6 Å². The molecule has 4 fully saturated rings. The minimum absolute atomic E-state index is 0.194. The standard InChI is InChI=1S/C18H27F2N3O4/c1-12-15(24)23-13(9-27-10-14(23)8-22(12)16(25)26)2-6-21-7-5-17(3-4-17)18(19,20)11-21/h12-14H,2-11H2,1H3,(H,25,26). The molecule has 4 rings (SSSR count). The van der Waals surface area contributed by atoms with Gasteiger partial charge in [0.1, 0.15) is 6.04 Å². The van der Waals surface area contributed by atoms with Crippen molar-refractivity contribution in [3.8, 4) is 0 Å². The number of fused-ring (bicyclic) bond motifs is 1. The van der Waals surface area contributed by atoms with Gasteiger partial charge in [-0.15, -0.1) is 0 Å². The second kappa shape index (κ2) is 6.55. The summed E-state index contributed by atoms with van der Waals surface area (Å²) in [5.74, 6) is -2.85. The lowest BCUT2D eigenvalue weighted by atomic mass is 9.89. The molecule has 3 atom stereocenters. The summed E-state index contributed by atoms with van der Waals surface area (Å²) in [4.78, 5) is 28.8. The van der Waals surface area contributed by atoms with Gasteiger partial charge >= 0.3 is 6.09 Å². The maximum absolute atomic E-state index is 14.4. The number of morpholine rings is 1. The molecule has 1 spiro atoms. The van der Waals surface area contributed by atoms with Crippen LogP contribution in [0.15, 0.2) is 0 Å². The van der Waals surface area contributed by atoms with Crippen molar-refractivity contribution >= 4 is 12.0 Å². The zero-order valence-corrected chi connectivity index (χ0v) is 15.6. The molecular weight excluding hydrogens is 360 g/mol. The third-order valence-corrected chi connectivity index (χ3v) is 6.88. The van der Waals surface area contributed by atoms with Crippen LogP contribution in [-0.2, 0) is 9.53 Å². The van der Waals surface area contributed by atoms with Gasteiger partial charge in [-0.1, -0.05) is 0 Å². The van der Waals surface area contributed by atoms with Gasteiger partial charge in [0.2, 0.25) is 5.91 Å². The highest BCUT2D eigenvalue weighted by Crippen LogP contribution is 2.61. The Labute approximate surface area is 157 Å². The van der Waals surface area contributed by atoms with E-state index in [0.717, 1.165) is 4.90 Å². The second-order valence-electron chi connectivity index (χ2n) is 8.50. The number of carboxylic acid groups (broad SMARTS) is 1. The molecule has 3 aliphatic heterocycles. The zero-order chi connectivity index (χ0) is 19.4. The van der Waals surface area contributed by atoms with Crippen molar-refractivity contribution in [1.29, 1.82) is 0 Å². The fourth-order valence-corrected chi connectivity index (χ4v) is 4.87. The number of carbonyl (C=O) groups excluding carboxylic acids is 1. The minimum atomic E-state index is -2.63. The summed E-state index contributed by atoms with van der Waals surface area (Å²) in [6.45, 7) is 3.46. The Kier molecular flexibility index (Phi) is 4.57. The first kappa shape index (κ1) is 18.9. The van der Waals surface area contributed by atoms with Crippen LogP contribution in [0.2, 0.25) is 0 Å². The first-order chi connectivity index (χ1) is 12.7. The van der Waals surface area contributed by atoms with Crippen LogP contribution >= 0.6 is 0 Å². The Morgan fingerprint density at radius 3 is 2.67 bits per heavy atom. The Hall–Kier alpha value is -1.48. The van der Waals surface area contributed by atoms with Crippen molar-refractivity contribution in [2.24, 2.45) is 5.41 Å². The predicted octanol–water partition coefficient (Wildman–Crippen LogP) is 1.48. The molecule has 3 unspecified atom stereocenters. The number of rotatable bonds is 3. The molecular formula is C18H27F2N3O4. The number of ether oxygens (including phenoxy) is 1. The molecule has 9 heteroatoms. The number of alkyl halides is 2. The highest BCUT2D eigenvalue weighted by molar-refractivity contribution is 5.87. The molecule has 7 nitrogen and oxygen atoms in total. The van der Waals surface area contributed by atoms with Crippen molar-refractivity contribution in [1.82, 2.24) is 14.7 Å². The third-order valence-electron chi connectivity index (χ3n) is 6.88. The van der Waals surface area contributed by atoms with E-state index in [1.807, 2.05) is 0 Å². The summed E-state index contributed by atoms with van der Waals surface area (Å²) >= 11 is 0. The van der Waals surface area contributed by atoms with E-state index in [9.17, 15) is 23.5 Å². The van der Waals surface area contributed by atoms with Crippen molar-refractivity contribution in [3.05, 3.63) is 0 Å². The Morgan fingerprint density at radius 2 is 2.04 bits per heavy atom. The smallest absolute Gasteiger partial charge is 0.408 e. The summed E-state index contributed by atoms with van der Waals surface area (Å²) in [5, 5.41) is 9.29. The van der Waals surface area contributed by atoms with Crippen LogP contribution in [0.1, 0.15) is 32.6 Å². The van der Waals surface area contributed by atoms with Gasteiger partial charge in [-0.3, -0.25) is 14.6 Å². The number of hydrogen-bond donors (Lipinski definition) is 1. The highest BCUT2D eigenvalue weighted by atomic mass is 19.3. The highest BCUT2D eigenvalue weighted by Gasteiger charge is 2.63. The largest absolute Gasteiger partial charge is 0.465 e. The van der Waals surface area contributed by atoms with Crippen LogP contribution in [0.3, 0.4) is 0 Å². The first-order valence-electron chi connectivity index (χ1n) is 9.74. The number of piperidine rings is 1. The van der Waals surface area contributed by atoms with Gasteiger partial charge in [0.15, 0.2) is 0 Å². The van der Waals surface area contributed by atoms with Crippen LogP contribution < -0.4 is 0 Å². The molecule has 1 N–H and O–H groups in total. The Morgan fingerprint density at radius 1 is 1.30 bits per heavy atom. The van der Waals surface area contributed by atoms with E-state index < -0.39 is 23.5 Å². The SMILES string of the molecule is CC1C(=O)N2C(CCN3CCC4(CC4)C(F)(F)C3)COCC2CN1C(=O)O. The summed E-state index contributed by atoms with van der Waals surface area (Å²) in [6, 6.07) is -1.23. The van der Waals surface area contributed by atoms with E-state index >= 15 is 0 Å². The number of nitrogens with zero attached hydrogens (tertiary/aromatic N) is 3. The van der Waals surface area contributed by atoms with Gasteiger partial charge in [0.25, 0.3) is 5.92 Å². The lowest BCUT2D eigenvalue weighted by Crippen LogP contribution is -2.68. The van der Waals surface area contributed by atoms with Crippen LogP contribution in [0.5, 0.6) is 0 Å². The molecule has 0 aromatic heterocycles. The topological polar surface area (TPSA) is 73.3 Å². The number of likely N-dealkylation sites (tertiary alicyclic amines) is 1. The molecule has 1 saturated carbocycles. The van der Waals surface area contributed by atoms with Crippen molar-refractivity contribution in [2.45, 2.75) is 56.7 Å². The molecule has 0 bridgehead atoms. The van der Waals surface area contributed by atoms with E-state index in [1.165, 1.54) is 0 Å². The number of carbonyl (C=O) groups is 2. The molecule has 0 aromatic carbocycles. The van der Waals surface area contributed by atoms with E-state index in [-0.39, 0.29) is 31.1 Å². The molecule has 152 valence electrons. The molecule has 0 radical (unpaired) electrons. The van der Waals surface area contributed by atoms with Gasteiger partial charge in [0, 0.05) is 18.5 Å². The number of hydrogen-bond acceptors (Lipinski definition) is 4. The first-order valence-corrected chi connectivity index (χ1v) is 9.74. The van der Waals surface area contributed by atoms with E-state index in [2.05, 4.69) is 0 Å². The number of halogens is 2. The van der Waals surface area contributed by atoms with Crippen LogP contribution in [0.25, 0.3) is 0 Å². The molecule has 2 amide bonds. The summed E-state index contributed by atoms with van der Waals surface area (Å²) in [7, 11) is 0. The molecule has 4 aliphatic rings. The summed E-state index contributed by atoms with van der Waals surface area (Å²) in [5.41, 5.74) is -0.749. The summed E-state index contributed by atoms with van der Waals surface area (Å²) in [6.07, 6.45) is 1.25. The molecule has 3 heterocycles. The molecule has 1 aliphatic carbocycles. The molecule has 27 heavy (non-hydrogen) atoms. The lowest BCUT2D eigenvalue weighted by molar-refractivity contribution is -0.161. The van der Waals surface area contributed by atoms with Crippen LogP contribution in [-0.4, -0.2) is 95.2 Å². The Balaban J connectivity index is 1.38. The normalized spacial score (nSPS) is 35.2. The fraction of sp³-hybridized carbons (Fsp3) is 0.889. The average molecular weight is 387 g/mol. The van der Waals surface area contributed by atoms with Crippen LogP contribution in [0.4, 0.5) is 13.6 Å². The Bertz CT molecular complexity index is 628. The van der Waals surface area contributed by atoms with Crippen molar-refractivity contribution in [3.63, 3.8) is 0 Å². The van der Waals surface area contributed by atoms with Gasteiger partial charge in [-0.05, 0) is 39.2 Å². The molecule has 3 saturated heterocycles. The minimum Gasteiger partial charge on any atom is -0.465 e. The quantitative estimate of drug-likeness (QED) is 0.794. The molecule has 0 aromatic rings. The van der Waals surface area contributed by atoms with Crippen LogP contribution in [0, 0.1) is 5.41 Å². The van der Waals surface area contributed by atoms with Gasteiger partial charge in [0.05, 0.1) is 31.8 Å². The number of piperazine rings is 1. The third kappa shape index (κ3) is 3.18. The van der Waals surface area contributed by atoms with Gasteiger partial charge in [-0.2, -0.15) is 0 Å². The predicted molar refractivity (Wildman–Crippen MR) is 91.7 cm³/mol. The van der Waals surface area contributed by atoms with E-state index in [4.69, 9.17) is 4.74 Å². The maximum atomic E-state index is 14.4. The van der Waals surface area contributed by atoms with E-state index in [1.54, 1.807) is 16.7 Å². The van der Waals surface area contributed by atoms with Crippen molar-refractivity contribution < 1.29 is 28.2 Å². The average Bonchev–Trinajstić information content (AvgIpc) is 3.40. The fourth-order valence-electron chi connectivity index (χ4n) is 4.87. The van der Waals surface area contributed by atoms with Gasteiger partial charge < -0.3 is 14.7 Å². The van der Waals surface area contributed by atoms with Crippen molar-refractivity contribution in [2.75, 3.05) is 39.4 Å². The monoisotopic (exact) mass is 387 g/mol. The summed E-state index contributed by atoms with van der Waals surface area (Å²) < 4.78 is 34.3. The van der Waals surface area contributed by atoms with E-state index in [0.29, 0.717) is 52.0 Å².